The molecule has 0 aliphatic heterocycles. The Kier molecular flexibility index (Phi) is 4.71. The number of hydrogen-bond donors (Lipinski definition) is 1. The summed E-state index contributed by atoms with van der Waals surface area (Å²) in [5, 5.41) is 1.20. The van der Waals surface area contributed by atoms with Gasteiger partial charge in [-0.1, -0.05) is 19.9 Å². The standard InChI is InChI=1S/C17H26N2O/c1-4-20-16-8-5-7-15-14(16)9-12-19(15)11-6-10-17(2,3)13-18/h5,7-9,12H,4,6,10-11,13,18H2,1-3H3. The highest BCUT2D eigenvalue weighted by Gasteiger charge is 2.15. The second kappa shape index (κ2) is 6.31. The Balaban J connectivity index is 2.10. The Hall–Kier alpha value is -1.48. The Bertz CT molecular complexity index is 557. The van der Waals surface area contributed by atoms with Crippen LogP contribution in [0.2, 0.25) is 0 Å². The summed E-state index contributed by atoms with van der Waals surface area (Å²) >= 11 is 0. The summed E-state index contributed by atoms with van der Waals surface area (Å²) in [4.78, 5) is 0. The van der Waals surface area contributed by atoms with Crippen LogP contribution in [0.4, 0.5) is 0 Å². The molecule has 0 aliphatic rings. The molecule has 0 aliphatic carbocycles. The summed E-state index contributed by atoms with van der Waals surface area (Å²) < 4.78 is 7.99. The zero-order valence-electron chi connectivity index (χ0n) is 12.9. The molecule has 1 aromatic carbocycles. The van der Waals surface area contributed by atoms with Crippen molar-refractivity contribution in [1.82, 2.24) is 4.57 Å². The minimum atomic E-state index is 0.236. The van der Waals surface area contributed by atoms with E-state index in [1.54, 1.807) is 0 Å². The van der Waals surface area contributed by atoms with Crippen molar-refractivity contribution < 1.29 is 4.74 Å². The molecule has 0 unspecified atom stereocenters. The van der Waals surface area contributed by atoms with Crippen molar-refractivity contribution in [2.75, 3.05) is 13.2 Å². The van der Waals surface area contributed by atoms with Crippen molar-refractivity contribution in [2.24, 2.45) is 11.1 Å². The van der Waals surface area contributed by atoms with Crippen LogP contribution in [0.3, 0.4) is 0 Å². The highest BCUT2D eigenvalue weighted by atomic mass is 16.5. The molecule has 0 radical (unpaired) electrons. The van der Waals surface area contributed by atoms with E-state index in [0.29, 0.717) is 6.61 Å². The molecule has 0 amide bonds. The lowest BCUT2D eigenvalue weighted by atomic mass is 9.88. The van der Waals surface area contributed by atoms with Gasteiger partial charge in [0.1, 0.15) is 5.75 Å². The molecule has 2 rings (SSSR count). The SMILES string of the molecule is CCOc1cccc2c1ccn2CCCC(C)(C)CN. The lowest BCUT2D eigenvalue weighted by molar-refractivity contribution is 0.328. The van der Waals surface area contributed by atoms with Gasteiger partial charge in [0, 0.05) is 18.1 Å². The third kappa shape index (κ3) is 3.34. The predicted molar refractivity (Wildman–Crippen MR) is 85.2 cm³/mol. The number of ether oxygens (including phenoxy) is 1. The van der Waals surface area contributed by atoms with Gasteiger partial charge < -0.3 is 15.0 Å². The molecule has 1 heterocycles. The second-order valence-corrected chi connectivity index (χ2v) is 6.10. The molecule has 3 heteroatoms. The van der Waals surface area contributed by atoms with Gasteiger partial charge in [0.05, 0.1) is 12.1 Å². The molecule has 1 aromatic heterocycles. The van der Waals surface area contributed by atoms with Crippen molar-refractivity contribution in [3.05, 3.63) is 30.5 Å². The Morgan fingerprint density at radius 2 is 2.05 bits per heavy atom. The average Bonchev–Trinajstić information content (AvgIpc) is 2.84. The molecule has 110 valence electrons. The van der Waals surface area contributed by atoms with E-state index in [4.69, 9.17) is 10.5 Å². The first-order valence-corrected chi connectivity index (χ1v) is 7.48. The van der Waals surface area contributed by atoms with E-state index in [9.17, 15) is 0 Å². The fraction of sp³-hybridized carbons (Fsp3) is 0.529. The first-order chi connectivity index (χ1) is 9.57. The van der Waals surface area contributed by atoms with Gasteiger partial charge in [-0.25, -0.2) is 0 Å². The van der Waals surface area contributed by atoms with Crippen LogP contribution in [-0.4, -0.2) is 17.7 Å². The Labute approximate surface area is 121 Å². The summed E-state index contributed by atoms with van der Waals surface area (Å²) in [6.45, 7) is 8.96. The van der Waals surface area contributed by atoms with Gasteiger partial charge >= 0.3 is 0 Å². The number of aromatic nitrogens is 1. The van der Waals surface area contributed by atoms with Gasteiger partial charge in [-0.2, -0.15) is 0 Å². The monoisotopic (exact) mass is 274 g/mol. The van der Waals surface area contributed by atoms with E-state index in [-0.39, 0.29) is 5.41 Å². The topological polar surface area (TPSA) is 40.2 Å². The van der Waals surface area contributed by atoms with Gasteiger partial charge in [-0.15, -0.1) is 0 Å². The second-order valence-electron chi connectivity index (χ2n) is 6.10. The molecular weight excluding hydrogens is 248 g/mol. The minimum Gasteiger partial charge on any atom is -0.493 e. The van der Waals surface area contributed by atoms with E-state index >= 15 is 0 Å². The van der Waals surface area contributed by atoms with Crippen LogP contribution >= 0.6 is 0 Å². The van der Waals surface area contributed by atoms with Crippen molar-refractivity contribution >= 4 is 10.9 Å². The first-order valence-electron chi connectivity index (χ1n) is 7.48. The third-order valence-corrected chi connectivity index (χ3v) is 3.88. The van der Waals surface area contributed by atoms with Crippen LogP contribution in [0, 0.1) is 5.41 Å². The van der Waals surface area contributed by atoms with Crippen LogP contribution < -0.4 is 10.5 Å². The van der Waals surface area contributed by atoms with Gasteiger partial charge in [0.25, 0.3) is 0 Å². The number of aryl methyl sites for hydroxylation is 1. The van der Waals surface area contributed by atoms with Crippen molar-refractivity contribution in [1.29, 1.82) is 0 Å². The molecular formula is C17H26N2O. The fourth-order valence-corrected chi connectivity index (χ4v) is 2.50. The smallest absolute Gasteiger partial charge is 0.128 e. The summed E-state index contributed by atoms with van der Waals surface area (Å²) in [5.41, 5.74) is 7.27. The molecule has 0 bridgehead atoms. The number of nitrogens with zero attached hydrogens (tertiary/aromatic N) is 1. The van der Waals surface area contributed by atoms with E-state index < -0.39 is 0 Å². The highest BCUT2D eigenvalue weighted by molar-refractivity contribution is 5.86. The normalized spacial score (nSPS) is 12.0. The van der Waals surface area contributed by atoms with Crippen LogP contribution in [0.5, 0.6) is 5.75 Å². The van der Waals surface area contributed by atoms with Crippen molar-refractivity contribution in [3.63, 3.8) is 0 Å². The molecule has 20 heavy (non-hydrogen) atoms. The first kappa shape index (κ1) is 14.9. The third-order valence-electron chi connectivity index (χ3n) is 3.88. The van der Waals surface area contributed by atoms with Crippen molar-refractivity contribution in [3.8, 4) is 5.75 Å². The van der Waals surface area contributed by atoms with Crippen molar-refractivity contribution in [2.45, 2.75) is 40.2 Å². The van der Waals surface area contributed by atoms with E-state index in [1.807, 2.05) is 13.0 Å². The van der Waals surface area contributed by atoms with Crippen LogP contribution in [0.15, 0.2) is 30.5 Å². The van der Waals surface area contributed by atoms with Crippen LogP contribution in [0.25, 0.3) is 10.9 Å². The van der Waals surface area contributed by atoms with Gasteiger partial charge in [-0.05, 0) is 49.9 Å². The number of nitrogens with two attached hydrogens (primary N) is 1. The Morgan fingerprint density at radius 1 is 1.25 bits per heavy atom. The maximum absolute atomic E-state index is 5.79. The largest absolute Gasteiger partial charge is 0.493 e. The van der Waals surface area contributed by atoms with Gasteiger partial charge in [0.2, 0.25) is 0 Å². The Morgan fingerprint density at radius 3 is 2.75 bits per heavy atom. The lowest BCUT2D eigenvalue weighted by Crippen LogP contribution is -2.23. The summed E-state index contributed by atoms with van der Waals surface area (Å²) in [5.74, 6) is 0.978. The molecule has 0 fully saturated rings. The predicted octanol–water partition coefficient (Wildman–Crippen LogP) is 3.81. The van der Waals surface area contributed by atoms with E-state index in [1.165, 1.54) is 10.9 Å². The van der Waals surface area contributed by atoms with E-state index in [0.717, 1.165) is 31.7 Å². The van der Waals surface area contributed by atoms with E-state index in [2.05, 4.69) is 42.8 Å². The summed E-state index contributed by atoms with van der Waals surface area (Å²) in [6, 6.07) is 8.40. The van der Waals surface area contributed by atoms with Gasteiger partial charge in [-0.3, -0.25) is 0 Å². The fourth-order valence-electron chi connectivity index (χ4n) is 2.50. The number of rotatable bonds is 7. The van der Waals surface area contributed by atoms with Crippen LogP contribution in [0.1, 0.15) is 33.6 Å². The number of fused-ring (bicyclic) bond motifs is 1. The van der Waals surface area contributed by atoms with Crippen LogP contribution in [-0.2, 0) is 6.54 Å². The quantitative estimate of drug-likeness (QED) is 0.834. The molecule has 3 nitrogen and oxygen atoms in total. The molecule has 0 spiro atoms. The minimum absolute atomic E-state index is 0.236. The summed E-state index contributed by atoms with van der Waals surface area (Å²) in [6.07, 6.45) is 4.45. The molecule has 0 saturated heterocycles. The zero-order valence-corrected chi connectivity index (χ0v) is 12.9. The zero-order chi connectivity index (χ0) is 14.6. The molecule has 2 aromatic rings. The van der Waals surface area contributed by atoms with Gasteiger partial charge in [0.15, 0.2) is 0 Å². The highest BCUT2D eigenvalue weighted by Crippen LogP contribution is 2.27. The molecule has 2 N–H and O–H groups in total. The summed E-state index contributed by atoms with van der Waals surface area (Å²) in [7, 11) is 0. The maximum Gasteiger partial charge on any atom is 0.128 e. The molecule has 0 saturated carbocycles. The maximum atomic E-state index is 5.79. The number of benzene rings is 1. The average molecular weight is 274 g/mol. The molecule has 0 atom stereocenters. The number of hydrogen-bond acceptors (Lipinski definition) is 2. The lowest BCUT2D eigenvalue weighted by Gasteiger charge is -2.22.